The third kappa shape index (κ3) is 1.60. The molecule has 1 aliphatic heterocycles. The Hall–Kier alpha value is -1.55. The highest BCUT2D eigenvalue weighted by Gasteiger charge is 2.34. The molecule has 96 valence electrons. The van der Waals surface area contributed by atoms with Crippen LogP contribution in [0.2, 0.25) is 0 Å². The highest BCUT2D eigenvalue weighted by atomic mass is 16.1. The molecule has 1 atom stereocenters. The lowest BCUT2D eigenvalue weighted by molar-refractivity contribution is 0.101. The van der Waals surface area contributed by atoms with Gasteiger partial charge in [0.05, 0.1) is 17.4 Å². The second-order valence-corrected chi connectivity index (χ2v) is 5.11. The van der Waals surface area contributed by atoms with Crippen LogP contribution in [0, 0.1) is 0 Å². The van der Waals surface area contributed by atoms with Gasteiger partial charge in [-0.3, -0.25) is 9.69 Å². The van der Waals surface area contributed by atoms with E-state index in [1.807, 2.05) is 6.20 Å². The lowest BCUT2D eigenvalue weighted by Gasteiger charge is -2.34. The molecule has 0 spiro atoms. The van der Waals surface area contributed by atoms with Crippen LogP contribution < -0.4 is 5.32 Å². The Balaban J connectivity index is 2.01. The number of Topliss-reactive ketones (excluding diaryl/α,β-unsaturated/α-hetero) is 1. The fourth-order valence-corrected chi connectivity index (χ4v) is 2.84. The maximum atomic E-state index is 12.3. The fourth-order valence-electron chi connectivity index (χ4n) is 2.84. The van der Waals surface area contributed by atoms with E-state index in [0.717, 1.165) is 37.3 Å². The lowest BCUT2D eigenvalue weighted by atomic mass is 9.88. The first-order valence-electron chi connectivity index (χ1n) is 6.63. The van der Waals surface area contributed by atoms with Gasteiger partial charge in [-0.2, -0.15) is 0 Å². The number of aromatic nitrogens is 1. The first-order chi connectivity index (χ1) is 8.72. The molecule has 0 saturated heterocycles. The van der Waals surface area contributed by atoms with Crippen molar-refractivity contribution in [2.75, 3.05) is 20.1 Å². The normalized spacial score (nSPS) is 22.7. The zero-order chi connectivity index (χ0) is 12.7. The molecular weight excluding hydrogens is 226 g/mol. The van der Waals surface area contributed by atoms with Crippen molar-refractivity contribution in [1.82, 2.24) is 15.2 Å². The van der Waals surface area contributed by atoms with Crippen molar-refractivity contribution in [3.8, 4) is 0 Å². The van der Waals surface area contributed by atoms with E-state index in [9.17, 15) is 4.79 Å². The van der Waals surface area contributed by atoms with E-state index in [1.165, 1.54) is 11.1 Å². The number of ketones is 1. The Bertz CT molecular complexity index is 515. The zero-order valence-corrected chi connectivity index (χ0v) is 10.9. The molecule has 4 heteroatoms. The van der Waals surface area contributed by atoms with E-state index in [2.05, 4.69) is 35.2 Å². The first-order valence-corrected chi connectivity index (χ1v) is 6.63. The molecule has 2 heterocycles. The molecule has 2 N–H and O–H groups in total. The van der Waals surface area contributed by atoms with E-state index >= 15 is 0 Å². The number of hydrogen-bond donors (Lipinski definition) is 2. The van der Waals surface area contributed by atoms with Crippen LogP contribution >= 0.6 is 0 Å². The number of allylic oxidation sites excluding steroid dienone is 1. The molecule has 1 aromatic rings. The number of rotatable bonds is 3. The monoisotopic (exact) mass is 245 g/mol. The summed E-state index contributed by atoms with van der Waals surface area (Å²) in [6.07, 6.45) is 6.13. The molecule has 1 unspecified atom stereocenters. The number of nitrogens with zero attached hydrogens (tertiary/aromatic N) is 1. The summed E-state index contributed by atoms with van der Waals surface area (Å²) < 4.78 is 0. The van der Waals surface area contributed by atoms with Crippen LogP contribution in [-0.2, 0) is 6.42 Å². The predicted octanol–water partition coefficient (Wildman–Crippen LogP) is 1.62. The summed E-state index contributed by atoms with van der Waals surface area (Å²) in [5.41, 5.74) is 4.02. The van der Waals surface area contributed by atoms with Crippen LogP contribution in [0.4, 0.5) is 0 Å². The average molecular weight is 245 g/mol. The Morgan fingerprint density at radius 2 is 2.39 bits per heavy atom. The maximum Gasteiger partial charge on any atom is 0.225 e. The van der Waals surface area contributed by atoms with Crippen LogP contribution in [-0.4, -0.2) is 35.8 Å². The van der Waals surface area contributed by atoms with Crippen molar-refractivity contribution >= 4 is 5.78 Å². The van der Waals surface area contributed by atoms with E-state index < -0.39 is 0 Å². The maximum absolute atomic E-state index is 12.3. The standard InChI is InChI=1S/C14H19N3O/c1-3-5-15-10-7-11-12-9(4-6-17(11)2)8-16-13(12)14(10)18/h7-8,11,15-16H,3-6H2,1-2H3. The molecule has 2 aliphatic rings. The van der Waals surface area contributed by atoms with Crippen LogP contribution in [0.5, 0.6) is 0 Å². The Kier molecular flexibility index (Phi) is 2.74. The van der Waals surface area contributed by atoms with Gasteiger partial charge in [-0.15, -0.1) is 0 Å². The van der Waals surface area contributed by atoms with Gasteiger partial charge in [0, 0.05) is 24.8 Å². The molecule has 0 aromatic carbocycles. The molecule has 1 aromatic heterocycles. The largest absolute Gasteiger partial charge is 0.382 e. The smallest absolute Gasteiger partial charge is 0.225 e. The van der Waals surface area contributed by atoms with Gasteiger partial charge in [0.1, 0.15) is 0 Å². The second kappa shape index (κ2) is 4.28. The third-order valence-corrected chi connectivity index (χ3v) is 3.87. The van der Waals surface area contributed by atoms with Crippen molar-refractivity contribution in [1.29, 1.82) is 0 Å². The van der Waals surface area contributed by atoms with E-state index in [4.69, 9.17) is 0 Å². The summed E-state index contributed by atoms with van der Waals surface area (Å²) >= 11 is 0. The number of aromatic amines is 1. The Morgan fingerprint density at radius 1 is 1.56 bits per heavy atom. The minimum absolute atomic E-state index is 0.108. The molecule has 0 fully saturated rings. The second-order valence-electron chi connectivity index (χ2n) is 5.11. The number of nitrogens with one attached hydrogen (secondary N) is 2. The molecule has 0 bridgehead atoms. The van der Waals surface area contributed by atoms with E-state index in [-0.39, 0.29) is 11.8 Å². The third-order valence-electron chi connectivity index (χ3n) is 3.87. The van der Waals surface area contributed by atoms with Gasteiger partial charge >= 0.3 is 0 Å². The van der Waals surface area contributed by atoms with Crippen molar-refractivity contribution < 1.29 is 4.79 Å². The highest BCUT2D eigenvalue weighted by molar-refractivity contribution is 6.09. The van der Waals surface area contributed by atoms with Gasteiger partial charge in [0.15, 0.2) is 0 Å². The molecule has 0 saturated carbocycles. The molecular formula is C14H19N3O. The number of likely N-dealkylation sites (N-methyl/N-ethyl adjacent to an activating group) is 1. The Labute approximate surface area is 107 Å². The summed E-state index contributed by atoms with van der Waals surface area (Å²) in [5.74, 6) is 0.108. The van der Waals surface area contributed by atoms with Gasteiger partial charge in [-0.25, -0.2) is 0 Å². The highest BCUT2D eigenvalue weighted by Crippen LogP contribution is 2.36. The van der Waals surface area contributed by atoms with Gasteiger partial charge in [-0.05, 0) is 31.5 Å². The quantitative estimate of drug-likeness (QED) is 0.851. The summed E-state index contributed by atoms with van der Waals surface area (Å²) in [6.45, 7) is 3.99. The van der Waals surface area contributed by atoms with Gasteiger partial charge in [0.25, 0.3) is 0 Å². The van der Waals surface area contributed by atoms with Gasteiger partial charge in [-0.1, -0.05) is 6.92 Å². The van der Waals surface area contributed by atoms with Crippen molar-refractivity contribution in [3.63, 3.8) is 0 Å². The number of carbonyl (C=O) groups is 1. The minimum Gasteiger partial charge on any atom is -0.382 e. The number of carbonyl (C=O) groups excluding carboxylic acids is 1. The number of H-pyrrole nitrogens is 1. The molecule has 1 aliphatic carbocycles. The topological polar surface area (TPSA) is 48.1 Å². The minimum atomic E-state index is 0.108. The summed E-state index contributed by atoms with van der Waals surface area (Å²) in [5, 5.41) is 3.25. The Morgan fingerprint density at radius 3 is 3.17 bits per heavy atom. The zero-order valence-electron chi connectivity index (χ0n) is 10.9. The van der Waals surface area contributed by atoms with Crippen molar-refractivity contribution in [2.45, 2.75) is 25.8 Å². The van der Waals surface area contributed by atoms with Gasteiger partial charge < -0.3 is 10.3 Å². The molecule has 4 nitrogen and oxygen atoms in total. The van der Waals surface area contributed by atoms with Crippen LogP contribution in [0.3, 0.4) is 0 Å². The SMILES string of the molecule is CCCNC1=CC2c3c(c[nH]c3C1=O)CCN2C. The van der Waals surface area contributed by atoms with Crippen LogP contribution in [0.1, 0.15) is 41.0 Å². The van der Waals surface area contributed by atoms with E-state index in [0.29, 0.717) is 0 Å². The fraction of sp³-hybridized carbons (Fsp3) is 0.500. The molecule has 0 radical (unpaired) electrons. The predicted molar refractivity (Wildman–Crippen MR) is 70.6 cm³/mol. The van der Waals surface area contributed by atoms with Crippen molar-refractivity contribution in [2.24, 2.45) is 0 Å². The van der Waals surface area contributed by atoms with Gasteiger partial charge in [0.2, 0.25) is 5.78 Å². The molecule has 0 amide bonds. The summed E-state index contributed by atoms with van der Waals surface area (Å²) in [4.78, 5) is 17.8. The average Bonchev–Trinajstić information content (AvgIpc) is 2.80. The van der Waals surface area contributed by atoms with Crippen molar-refractivity contribution in [3.05, 3.63) is 34.8 Å². The summed E-state index contributed by atoms with van der Waals surface area (Å²) in [7, 11) is 2.12. The van der Waals surface area contributed by atoms with Crippen LogP contribution in [0.25, 0.3) is 0 Å². The first kappa shape index (κ1) is 11.5. The molecule has 18 heavy (non-hydrogen) atoms. The van der Waals surface area contributed by atoms with E-state index in [1.54, 1.807) is 0 Å². The van der Waals surface area contributed by atoms with Crippen LogP contribution in [0.15, 0.2) is 18.0 Å². The lowest BCUT2D eigenvalue weighted by Crippen LogP contribution is -2.36. The summed E-state index contributed by atoms with van der Waals surface area (Å²) in [6, 6.07) is 0.243. The number of hydrogen-bond acceptors (Lipinski definition) is 3. The molecule has 3 rings (SSSR count).